The van der Waals surface area contributed by atoms with E-state index in [2.05, 4.69) is 4.74 Å². The van der Waals surface area contributed by atoms with Gasteiger partial charge >= 0.3 is 5.43 Å². The van der Waals surface area contributed by atoms with Crippen molar-refractivity contribution in [2.75, 3.05) is 13.2 Å². The SMILES string of the molecule is O=C(Cl)OCC1CCCO1. The first-order valence-corrected chi connectivity index (χ1v) is 3.60. The number of hydrogen-bond donors (Lipinski definition) is 0. The highest BCUT2D eigenvalue weighted by atomic mass is 35.5. The van der Waals surface area contributed by atoms with Crippen LogP contribution >= 0.6 is 11.6 Å². The maximum absolute atomic E-state index is 10.1. The Hall–Kier alpha value is -0.280. The topological polar surface area (TPSA) is 35.5 Å². The van der Waals surface area contributed by atoms with Gasteiger partial charge in [0.1, 0.15) is 6.61 Å². The van der Waals surface area contributed by atoms with Gasteiger partial charge in [0, 0.05) is 18.2 Å². The molecule has 0 bridgehead atoms. The number of halogens is 1. The lowest BCUT2D eigenvalue weighted by molar-refractivity contribution is 0.0519. The zero-order valence-electron chi connectivity index (χ0n) is 5.51. The van der Waals surface area contributed by atoms with Gasteiger partial charge in [-0.3, -0.25) is 0 Å². The van der Waals surface area contributed by atoms with Gasteiger partial charge in [-0.1, -0.05) is 0 Å². The van der Waals surface area contributed by atoms with Crippen molar-refractivity contribution < 1.29 is 14.3 Å². The molecule has 0 saturated carbocycles. The highest BCUT2D eigenvalue weighted by molar-refractivity contribution is 6.61. The zero-order valence-corrected chi connectivity index (χ0v) is 6.26. The lowest BCUT2D eigenvalue weighted by Crippen LogP contribution is -2.14. The second-order valence-corrected chi connectivity index (χ2v) is 2.49. The fourth-order valence-electron chi connectivity index (χ4n) is 0.934. The summed E-state index contributed by atoms with van der Waals surface area (Å²) in [7, 11) is 0. The molecule has 0 aromatic carbocycles. The van der Waals surface area contributed by atoms with Gasteiger partial charge in [-0.25, -0.2) is 4.79 Å². The summed E-state index contributed by atoms with van der Waals surface area (Å²) < 4.78 is 9.69. The highest BCUT2D eigenvalue weighted by Crippen LogP contribution is 2.12. The molecule has 0 aromatic rings. The largest absolute Gasteiger partial charge is 0.451 e. The van der Waals surface area contributed by atoms with E-state index in [0.29, 0.717) is 6.61 Å². The van der Waals surface area contributed by atoms with E-state index in [4.69, 9.17) is 16.3 Å². The van der Waals surface area contributed by atoms with Crippen molar-refractivity contribution in [1.29, 1.82) is 0 Å². The van der Waals surface area contributed by atoms with Gasteiger partial charge in [0.05, 0.1) is 6.10 Å². The molecule has 1 aliphatic heterocycles. The molecule has 0 spiro atoms. The molecular formula is C6H9ClO3. The molecule has 0 N–H and O–H groups in total. The van der Waals surface area contributed by atoms with Crippen LogP contribution in [0.5, 0.6) is 0 Å². The molecule has 1 aliphatic rings. The van der Waals surface area contributed by atoms with E-state index in [-0.39, 0.29) is 6.10 Å². The van der Waals surface area contributed by atoms with Crippen LogP contribution in [0.4, 0.5) is 4.79 Å². The smallest absolute Gasteiger partial charge is 0.403 e. The molecule has 1 unspecified atom stereocenters. The van der Waals surface area contributed by atoms with Crippen molar-refractivity contribution in [3.05, 3.63) is 0 Å². The van der Waals surface area contributed by atoms with Crippen LogP contribution in [0, 0.1) is 0 Å². The maximum atomic E-state index is 10.1. The lowest BCUT2D eigenvalue weighted by Gasteiger charge is -2.06. The minimum absolute atomic E-state index is 0.0719. The Labute approximate surface area is 64.3 Å². The fourth-order valence-corrected chi connectivity index (χ4v) is 0.997. The Morgan fingerprint density at radius 2 is 2.60 bits per heavy atom. The molecule has 0 amide bonds. The Morgan fingerprint density at radius 1 is 1.80 bits per heavy atom. The molecule has 58 valence electrons. The molecule has 1 heterocycles. The molecular weight excluding hydrogens is 156 g/mol. The van der Waals surface area contributed by atoms with Crippen LogP contribution in [-0.4, -0.2) is 24.7 Å². The second kappa shape index (κ2) is 3.78. The molecule has 10 heavy (non-hydrogen) atoms. The summed E-state index contributed by atoms with van der Waals surface area (Å²) in [5.74, 6) is 0. The van der Waals surface area contributed by atoms with Gasteiger partial charge in [0.15, 0.2) is 0 Å². The Bertz CT molecular complexity index is 120. The van der Waals surface area contributed by atoms with Gasteiger partial charge in [-0.05, 0) is 12.8 Å². The lowest BCUT2D eigenvalue weighted by atomic mass is 10.2. The van der Waals surface area contributed by atoms with Crippen molar-refractivity contribution in [1.82, 2.24) is 0 Å². The fraction of sp³-hybridized carbons (Fsp3) is 0.833. The molecule has 1 atom stereocenters. The molecule has 4 heteroatoms. The van der Waals surface area contributed by atoms with Crippen molar-refractivity contribution in [3.8, 4) is 0 Å². The first kappa shape index (κ1) is 7.82. The molecule has 0 aliphatic carbocycles. The van der Waals surface area contributed by atoms with Crippen LogP contribution in [0.1, 0.15) is 12.8 Å². The van der Waals surface area contributed by atoms with E-state index >= 15 is 0 Å². The van der Waals surface area contributed by atoms with Gasteiger partial charge < -0.3 is 9.47 Å². The number of rotatable bonds is 2. The minimum atomic E-state index is -0.754. The number of carbonyl (C=O) groups excluding carboxylic acids is 1. The van der Waals surface area contributed by atoms with Crippen LogP contribution in [0.25, 0.3) is 0 Å². The third-order valence-corrected chi connectivity index (χ3v) is 1.52. The summed E-state index contributed by atoms with van der Waals surface area (Å²) in [5.41, 5.74) is -0.754. The van der Waals surface area contributed by atoms with E-state index in [9.17, 15) is 4.79 Å². The average molecular weight is 165 g/mol. The quantitative estimate of drug-likeness (QED) is 0.581. The number of carbonyl (C=O) groups is 1. The Balaban J connectivity index is 2.07. The predicted octanol–water partition coefficient (Wildman–Crippen LogP) is 1.54. The first-order valence-electron chi connectivity index (χ1n) is 3.23. The summed E-state index contributed by atoms with van der Waals surface area (Å²) in [6, 6.07) is 0. The number of ether oxygens (including phenoxy) is 2. The van der Waals surface area contributed by atoms with Crippen LogP contribution < -0.4 is 0 Å². The zero-order chi connectivity index (χ0) is 7.40. The van der Waals surface area contributed by atoms with Crippen molar-refractivity contribution in [3.63, 3.8) is 0 Å². The van der Waals surface area contributed by atoms with E-state index in [1.54, 1.807) is 0 Å². The molecule has 0 aromatic heterocycles. The van der Waals surface area contributed by atoms with Crippen molar-refractivity contribution >= 4 is 17.0 Å². The predicted molar refractivity (Wildman–Crippen MR) is 36.2 cm³/mol. The van der Waals surface area contributed by atoms with E-state index in [1.165, 1.54) is 0 Å². The second-order valence-electron chi connectivity index (χ2n) is 2.18. The third kappa shape index (κ3) is 2.54. The van der Waals surface area contributed by atoms with Crippen LogP contribution in [0.3, 0.4) is 0 Å². The van der Waals surface area contributed by atoms with Crippen LogP contribution in [-0.2, 0) is 9.47 Å². The minimum Gasteiger partial charge on any atom is -0.451 e. The third-order valence-electron chi connectivity index (χ3n) is 1.41. The van der Waals surface area contributed by atoms with Crippen molar-refractivity contribution in [2.24, 2.45) is 0 Å². The Kier molecular flexibility index (Phi) is 2.96. The summed E-state index contributed by atoms with van der Waals surface area (Å²) in [5, 5.41) is 0. The van der Waals surface area contributed by atoms with E-state index < -0.39 is 5.43 Å². The molecule has 1 fully saturated rings. The standard InChI is InChI=1S/C6H9ClO3/c7-6(8)10-4-5-2-1-3-9-5/h5H,1-4H2. The van der Waals surface area contributed by atoms with Gasteiger partial charge in [-0.15, -0.1) is 0 Å². The van der Waals surface area contributed by atoms with Gasteiger partial charge in [-0.2, -0.15) is 0 Å². The van der Waals surface area contributed by atoms with Crippen LogP contribution in [0.15, 0.2) is 0 Å². The Morgan fingerprint density at radius 3 is 3.10 bits per heavy atom. The molecule has 1 rings (SSSR count). The summed E-state index contributed by atoms with van der Waals surface area (Å²) in [4.78, 5) is 10.1. The number of hydrogen-bond acceptors (Lipinski definition) is 3. The monoisotopic (exact) mass is 164 g/mol. The molecule has 0 radical (unpaired) electrons. The highest BCUT2D eigenvalue weighted by Gasteiger charge is 2.16. The summed E-state index contributed by atoms with van der Waals surface area (Å²) in [6.45, 7) is 1.06. The normalized spacial score (nSPS) is 24.7. The molecule has 3 nitrogen and oxygen atoms in total. The summed E-state index contributed by atoms with van der Waals surface area (Å²) in [6.07, 6.45) is 2.08. The van der Waals surface area contributed by atoms with Crippen LogP contribution in [0.2, 0.25) is 0 Å². The maximum Gasteiger partial charge on any atom is 0.403 e. The molecule has 1 saturated heterocycles. The van der Waals surface area contributed by atoms with E-state index in [1.807, 2.05) is 0 Å². The van der Waals surface area contributed by atoms with Crippen molar-refractivity contribution in [2.45, 2.75) is 18.9 Å². The van der Waals surface area contributed by atoms with Gasteiger partial charge in [0.2, 0.25) is 0 Å². The van der Waals surface area contributed by atoms with E-state index in [0.717, 1.165) is 19.4 Å². The summed E-state index contributed by atoms with van der Waals surface area (Å²) >= 11 is 4.94. The first-order chi connectivity index (χ1) is 4.79. The average Bonchev–Trinajstić information content (AvgIpc) is 2.34. The van der Waals surface area contributed by atoms with Gasteiger partial charge in [0.25, 0.3) is 0 Å².